The lowest BCUT2D eigenvalue weighted by molar-refractivity contribution is -0.142. The number of carboxylic acids is 1. The van der Waals surface area contributed by atoms with E-state index in [4.69, 9.17) is 0 Å². The molecule has 0 aliphatic heterocycles. The first-order chi connectivity index (χ1) is 10.4. The predicted molar refractivity (Wildman–Crippen MR) is 87.3 cm³/mol. The summed E-state index contributed by atoms with van der Waals surface area (Å²) in [5.41, 5.74) is 0.589. The van der Waals surface area contributed by atoms with E-state index in [1.54, 1.807) is 19.2 Å². The van der Waals surface area contributed by atoms with Crippen LogP contribution in [0.25, 0.3) is 0 Å². The third kappa shape index (κ3) is 4.91. The number of carbonyl (C=O) groups is 2. The Morgan fingerprint density at radius 2 is 2.09 bits per heavy atom. The van der Waals surface area contributed by atoms with Crippen LogP contribution in [0.2, 0.25) is 0 Å². The molecule has 2 atom stereocenters. The Balaban J connectivity index is 2.94. The van der Waals surface area contributed by atoms with Gasteiger partial charge in [-0.1, -0.05) is 13.0 Å². The largest absolute Gasteiger partial charge is 0.480 e. The van der Waals surface area contributed by atoms with Gasteiger partial charge in [-0.05, 0) is 37.3 Å². The maximum Gasteiger partial charge on any atom is 0.326 e. The smallest absolute Gasteiger partial charge is 0.326 e. The highest BCUT2D eigenvalue weighted by atomic mass is 32.2. The Bertz CT molecular complexity index is 585. The third-order valence-electron chi connectivity index (χ3n) is 3.34. The molecule has 0 radical (unpaired) electrons. The fourth-order valence-corrected chi connectivity index (χ4v) is 2.60. The van der Waals surface area contributed by atoms with Crippen LogP contribution < -0.4 is 10.9 Å². The number of nitrogens with zero attached hydrogens (tertiary/aromatic N) is 1. The van der Waals surface area contributed by atoms with E-state index in [0.29, 0.717) is 18.6 Å². The Morgan fingerprint density at radius 1 is 1.41 bits per heavy atom. The van der Waals surface area contributed by atoms with Gasteiger partial charge in [-0.25, -0.2) is 4.79 Å². The fourth-order valence-electron chi connectivity index (χ4n) is 2.13. The second-order valence-electron chi connectivity index (χ2n) is 5.06. The Labute approximate surface area is 133 Å². The summed E-state index contributed by atoms with van der Waals surface area (Å²) in [6.07, 6.45) is 4.25. The zero-order valence-electron chi connectivity index (χ0n) is 13.0. The molecule has 0 fully saturated rings. The highest BCUT2D eigenvalue weighted by molar-refractivity contribution is 7.98. The summed E-state index contributed by atoms with van der Waals surface area (Å²) in [6, 6.07) is 1.45. The molecule has 1 amide bonds. The first-order valence-electron chi connectivity index (χ1n) is 7.11. The van der Waals surface area contributed by atoms with E-state index in [9.17, 15) is 19.5 Å². The first-order valence-corrected chi connectivity index (χ1v) is 8.51. The molecule has 0 aromatic carbocycles. The fraction of sp³-hybridized carbons (Fsp3) is 0.533. The number of rotatable bonds is 8. The van der Waals surface area contributed by atoms with Crippen molar-refractivity contribution in [2.45, 2.75) is 38.8 Å². The Morgan fingerprint density at radius 3 is 2.64 bits per heavy atom. The van der Waals surface area contributed by atoms with Gasteiger partial charge in [-0.2, -0.15) is 11.8 Å². The van der Waals surface area contributed by atoms with E-state index < -0.39 is 24.0 Å². The number of carbonyl (C=O) groups excluding carboxylic acids is 1. The van der Waals surface area contributed by atoms with Gasteiger partial charge in [0.05, 0.1) is 0 Å². The van der Waals surface area contributed by atoms with Crippen LogP contribution in [0.4, 0.5) is 0 Å². The summed E-state index contributed by atoms with van der Waals surface area (Å²) in [4.78, 5) is 35.5. The number of hydrogen-bond donors (Lipinski definition) is 2. The molecule has 6 nitrogen and oxygen atoms in total. The summed E-state index contributed by atoms with van der Waals surface area (Å²) < 4.78 is 1.36. The van der Waals surface area contributed by atoms with Gasteiger partial charge < -0.3 is 15.0 Å². The molecule has 1 heterocycles. The molecular formula is C15H22N2O4S. The normalized spacial score (nSPS) is 13.4. The highest BCUT2D eigenvalue weighted by Gasteiger charge is 2.25. The monoisotopic (exact) mass is 326 g/mol. The van der Waals surface area contributed by atoms with Crippen molar-refractivity contribution in [2.24, 2.45) is 0 Å². The summed E-state index contributed by atoms with van der Waals surface area (Å²) in [6.45, 7) is 3.62. The average Bonchev–Trinajstić information content (AvgIpc) is 2.47. The lowest BCUT2D eigenvalue weighted by Gasteiger charge is -2.21. The number of carboxylic acid groups (broad SMARTS) is 1. The van der Waals surface area contributed by atoms with Crippen LogP contribution in [0.5, 0.6) is 0 Å². The van der Waals surface area contributed by atoms with E-state index in [1.807, 2.05) is 13.2 Å². The molecule has 2 unspecified atom stereocenters. The van der Waals surface area contributed by atoms with Crippen LogP contribution in [-0.4, -0.2) is 39.6 Å². The van der Waals surface area contributed by atoms with Crippen LogP contribution in [-0.2, 0) is 9.59 Å². The van der Waals surface area contributed by atoms with Crippen molar-refractivity contribution in [3.63, 3.8) is 0 Å². The van der Waals surface area contributed by atoms with E-state index in [2.05, 4.69) is 5.32 Å². The minimum absolute atomic E-state index is 0.274. The number of pyridine rings is 1. The lowest BCUT2D eigenvalue weighted by Crippen LogP contribution is -2.45. The van der Waals surface area contributed by atoms with Gasteiger partial charge in [0, 0.05) is 12.3 Å². The van der Waals surface area contributed by atoms with E-state index in [0.717, 1.165) is 5.56 Å². The Hall–Kier alpha value is -1.76. The topological polar surface area (TPSA) is 88.4 Å². The molecule has 0 spiro atoms. The van der Waals surface area contributed by atoms with Crippen molar-refractivity contribution in [3.8, 4) is 0 Å². The van der Waals surface area contributed by atoms with Gasteiger partial charge in [0.25, 0.3) is 5.56 Å². The maximum atomic E-state index is 12.4. The molecule has 1 rings (SSSR count). The van der Waals surface area contributed by atoms with Gasteiger partial charge in [-0.3, -0.25) is 9.59 Å². The molecule has 2 N–H and O–H groups in total. The number of aliphatic carboxylic acids is 1. The van der Waals surface area contributed by atoms with E-state index in [-0.39, 0.29) is 5.56 Å². The van der Waals surface area contributed by atoms with Crippen LogP contribution >= 0.6 is 11.8 Å². The SMILES string of the molecule is CCC(C(=O)NC(CCSC)C(=O)O)n1cc(C)ccc1=O. The minimum atomic E-state index is -1.06. The molecule has 0 saturated carbocycles. The molecule has 0 bridgehead atoms. The first kappa shape index (κ1) is 18.3. The number of amides is 1. The quantitative estimate of drug-likeness (QED) is 0.754. The zero-order chi connectivity index (χ0) is 16.7. The summed E-state index contributed by atoms with van der Waals surface area (Å²) in [5.74, 6) is -0.865. The minimum Gasteiger partial charge on any atom is -0.480 e. The number of aromatic nitrogens is 1. The Kier molecular flexibility index (Phi) is 7.17. The molecule has 0 saturated heterocycles. The molecule has 22 heavy (non-hydrogen) atoms. The maximum absolute atomic E-state index is 12.4. The van der Waals surface area contributed by atoms with Gasteiger partial charge in [0.2, 0.25) is 5.91 Å². The van der Waals surface area contributed by atoms with E-state index in [1.165, 1.54) is 22.4 Å². The van der Waals surface area contributed by atoms with Crippen molar-refractivity contribution in [3.05, 3.63) is 34.2 Å². The van der Waals surface area contributed by atoms with E-state index >= 15 is 0 Å². The van der Waals surface area contributed by atoms with Crippen LogP contribution in [0.3, 0.4) is 0 Å². The number of hydrogen-bond acceptors (Lipinski definition) is 4. The summed E-state index contributed by atoms with van der Waals surface area (Å²) in [5, 5.41) is 11.7. The number of thioether (sulfide) groups is 1. The van der Waals surface area contributed by atoms with Gasteiger partial charge in [-0.15, -0.1) is 0 Å². The van der Waals surface area contributed by atoms with Gasteiger partial charge >= 0.3 is 5.97 Å². The van der Waals surface area contributed by atoms with Crippen molar-refractivity contribution in [2.75, 3.05) is 12.0 Å². The van der Waals surface area contributed by atoms with Crippen LogP contribution in [0.1, 0.15) is 31.4 Å². The van der Waals surface area contributed by atoms with Crippen molar-refractivity contribution < 1.29 is 14.7 Å². The molecular weight excluding hydrogens is 304 g/mol. The van der Waals surface area contributed by atoms with Crippen LogP contribution in [0.15, 0.2) is 23.1 Å². The van der Waals surface area contributed by atoms with Crippen molar-refractivity contribution >= 4 is 23.6 Å². The molecule has 122 valence electrons. The van der Waals surface area contributed by atoms with Crippen molar-refractivity contribution in [1.82, 2.24) is 9.88 Å². The molecule has 0 aliphatic rings. The average molecular weight is 326 g/mol. The highest BCUT2D eigenvalue weighted by Crippen LogP contribution is 2.11. The standard InChI is InChI=1S/C15H22N2O4S/c1-4-12(17-9-10(2)5-6-13(17)18)14(19)16-11(15(20)21)7-8-22-3/h5-6,9,11-12H,4,7-8H2,1-3H3,(H,16,19)(H,20,21). The molecule has 1 aromatic heterocycles. The predicted octanol–water partition coefficient (Wildman–Crippen LogP) is 1.43. The number of nitrogens with one attached hydrogen (secondary N) is 1. The third-order valence-corrected chi connectivity index (χ3v) is 3.98. The second kappa shape index (κ2) is 8.63. The lowest BCUT2D eigenvalue weighted by atomic mass is 10.1. The van der Waals surface area contributed by atoms with Gasteiger partial charge in [0.1, 0.15) is 12.1 Å². The van der Waals surface area contributed by atoms with Gasteiger partial charge in [0.15, 0.2) is 0 Å². The molecule has 7 heteroatoms. The summed E-state index contributed by atoms with van der Waals surface area (Å²) >= 11 is 1.52. The van der Waals surface area contributed by atoms with Crippen molar-refractivity contribution in [1.29, 1.82) is 0 Å². The second-order valence-corrected chi connectivity index (χ2v) is 6.04. The van der Waals surface area contributed by atoms with Crippen LogP contribution in [0, 0.1) is 6.92 Å². The number of aryl methyl sites for hydroxylation is 1. The molecule has 1 aromatic rings. The molecule has 0 aliphatic carbocycles. The zero-order valence-corrected chi connectivity index (χ0v) is 13.9. The summed E-state index contributed by atoms with van der Waals surface area (Å²) in [7, 11) is 0.